The van der Waals surface area contributed by atoms with Gasteiger partial charge in [0, 0.05) is 18.4 Å². The van der Waals surface area contributed by atoms with Gasteiger partial charge < -0.3 is 15.2 Å². The molecule has 0 spiro atoms. The van der Waals surface area contributed by atoms with Crippen LogP contribution in [0.5, 0.6) is 11.5 Å². The fourth-order valence-electron chi connectivity index (χ4n) is 1.92. The van der Waals surface area contributed by atoms with E-state index in [0.29, 0.717) is 24.5 Å². The van der Waals surface area contributed by atoms with Crippen molar-refractivity contribution >= 4 is 9.84 Å². The van der Waals surface area contributed by atoms with Crippen LogP contribution in [0.3, 0.4) is 0 Å². The van der Waals surface area contributed by atoms with E-state index < -0.39 is 9.84 Å². The second-order valence-electron chi connectivity index (χ2n) is 4.69. The summed E-state index contributed by atoms with van der Waals surface area (Å²) in [5.41, 5.74) is 6.82. The van der Waals surface area contributed by atoms with Crippen LogP contribution >= 0.6 is 0 Å². The molecule has 2 N–H and O–H groups in total. The average molecular weight is 301 g/mol. The second-order valence-corrected chi connectivity index (χ2v) is 6.67. The Labute approximate surface area is 121 Å². The zero-order valence-corrected chi connectivity index (χ0v) is 13.3. The Kier molecular flexibility index (Phi) is 5.83. The zero-order chi connectivity index (χ0) is 15.3. The third-order valence-electron chi connectivity index (χ3n) is 3.05. The second kappa shape index (κ2) is 6.95. The van der Waals surface area contributed by atoms with Crippen LogP contribution < -0.4 is 15.2 Å². The normalized spacial score (nSPS) is 13.1. The Bertz CT molecular complexity index is 555. The predicted molar refractivity (Wildman–Crippen MR) is 79.2 cm³/mol. The average Bonchev–Trinajstić information content (AvgIpc) is 2.37. The van der Waals surface area contributed by atoms with Crippen molar-refractivity contribution in [2.45, 2.75) is 37.6 Å². The lowest BCUT2D eigenvalue weighted by atomic mass is 10.0. The molecule has 1 atom stereocenters. The van der Waals surface area contributed by atoms with Gasteiger partial charge in [0.15, 0.2) is 9.84 Å². The molecule has 0 aliphatic heterocycles. The summed E-state index contributed by atoms with van der Waals surface area (Å²) in [5.74, 6) is 0.881. The molecular weight excluding hydrogens is 278 g/mol. The molecule has 0 saturated heterocycles. The molecule has 0 bridgehead atoms. The maximum absolute atomic E-state index is 11.8. The van der Waals surface area contributed by atoms with Gasteiger partial charge in [-0.1, -0.05) is 6.92 Å². The van der Waals surface area contributed by atoms with E-state index in [2.05, 4.69) is 0 Å². The minimum absolute atomic E-state index is 0.00228. The topological polar surface area (TPSA) is 78.6 Å². The van der Waals surface area contributed by atoms with Crippen LogP contribution in [-0.4, -0.2) is 34.4 Å². The van der Waals surface area contributed by atoms with E-state index in [1.165, 1.54) is 13.2 Å². The van der Waals surface area contributed by atoms with Gasteiger partial charge in [-0.2, -0.15) is 0 Å². The minimum atomic E-state index is -3.38. The van der Waals surface area contributed by atoms with Crippen molar-refractivity contribution in [1.29, 1.82) is 0 Å². The number of rotatable bonds is 7. The fourth-order valence-corrected chi connectivity index (χ4v) is 2.72. The van der Waals surface area contributed by atoms with Crippen molar-refractivity contribution in [2.24, 2.45) is 5.73 Å². The number of benzene rings is 1. The minimum Gasteiger partial charge on any atom is -0.496 e. The predicted octanol–water partition coefficient (Wildman–Crippen LogP) is 1.78. The summed E-state index contributed by atoms with van der Waals surface area (Å²) in [6.45, 7) is 4.22. The smallest absolute Gasteiger partial charge is 0.179 e. The summed E-state index contributed by atoms with van der Waals surface area (Å²) in [4.78, 5) is 0.144. The highest BCUT2D eigenvalue weighted by Crippen LogP contribution is 2.33. The van der Waals surface area contributed by atoms with Gasteiger partial charge in [-0.05, 0) is 31.4 Å². The molecule has 0 aromatic heterocycles. The molecule has 1 rings (SSSR count). The fraction of sp³-hybridized carbons (Fsp3) is 0.571. The molecule has 6 heteroatoms. The lowest BCUT2D eigenvalue weighted by Crippen LogP contribution is -2.22. The van der Waals surface area contributed by atoms with Crippen LogP contribution in [0.2, 0.25) is 0 Å². The summed E-state index contributed by atoms with van der Waals surface area (Å²) >= 11 is 0. The van der Waals surface area contributed by atoms with Gasteiger partial charge in [-0.25, -0.2) is 8.42 Å². The van der Waals surface area contributed by atoms with Gasteiger partial charge in [0.1, 0.15) is 16.4 Å². The van der Waals surface area contributed by atoms with Gasteiger partial charge >= 0.3 is 0 Å². The molecule has 0 saturated carbocycles. The van der Waals surface area contributed by atoms with Crippen molar-refractivity contribution in [2.75, 3.05) is 20.0 Å². The molecule has 0 aliphatic rings. The monoisotopic (exact) mass is 301 g/mol. The van der Waals surface area contributed by atoms with E-state index in [0.717, 1.165) is 18.2 Å². The van der Waals surface area contributed by atoms with Gasteiger partial charge in [-0.3, -0.25) is 0 Å². The van der Waals surface area contributed by atoms with Crippen molar-refractivity contribution in [1.82, 2.24) is 0 Å². The molecule has 0 aliphatic carbocycles. The third kappa shape index (κ3) is 4.11. The summed E-state index contributed by atoms with van der Waals surface area (Å²) in [7, 11) is -1.86. The van der Waals surface area contributed by atoms with E-state index in [-0.39, 0.29) is 10.9 Å². The maximum Gasteiger partial charge on any atom is 0.179 e. The van der Waals surface area contributed by atoms with Gasteiger partial charge in [0.05, 0.1) is 13.7 Å². The molecule has 114 valence electrons. The van der Waals surface area contributed by atoms with E-state index in [4.69, 9.17) is 15.2 Å². The molecule has 0 radical (unpaired) electrons. The van der Waals surface area contributed by atoms with E-state index >= 15 is 0 Å². The van der Waals surface area contributed by atoms with Gasteiger partial charge in [0.25, 0.3) is 0 Å². The quantitative estimate of drug-likeness (QED) is 0.830. The highest BCUT2D eigenvalue weighted by atomic mass is 32.2. The van der Waals surface area contributed by atoms with Crippen molar-refractivity contribution < 1.29 is 17.9 Å². The molecule has 20 heavy (non-hydrogen) atoms. The molecule has 1 unspecified atom stereocenters. The number of ether oxygens (including phenoxy) is 2. The Morgan fingerprint density at radius 2 is 1.90 bits per heavy atom. The van der Waals surface area contributed by atoms with Crippen LogP contribution in [0.25, 0.3) is 0 Å². The lowest BCUT2D eigenvalue weighted by Gasteiger charge is -2.17. The van der Waals surface area contributed by atoms with Gasteiger partial charge in [-0.15, -0.1) is 0 Å². The van der Waals surface area contributed by atoms with Crippen molar-refractivity contribution in [3.05, 3.63) is 17.7 Å². The van der Waals surface area contributed by atoms with Crippen LogP contribution in [0.15, 0.2) is 17.0 Å². The van der Waals surface area contributed by atoms with E-state index in [1.54, 1.807) is 6.07 Å². The molecule has 1 aromatic rings. The number of sulfone groups is 1. The van der Waals surface area contributed by atoms with E-state index in [1.807, 2.05) is 13.8 Å². The number of hydrogen-bond acceptors (Lipinski definition) is 5. The number of methoxy groups -OCH3 is 1. The maximum atomic E-state index is 11.8. The Balaban J connectivity index is 3.36. The highest BCUT2D eigenvalue weighted by molar-refractivity contribution is 7.90. The van der Waals surface area contributed by atoms with Crippen LogP contribution in [-0.2, 0) is 16.3 Å². The summed E-state index contributed by atoms with van der Waals surface area (Å²) in [6, 6.07) is 3.23. The van der Waals surface area contributed by atoms with E-state index in [9.17, 15) is 8.42 Å². The molecule has 0 fully saturated rings. The molecule has 1 aromatic carbocycles. The first-order chi connectivity index (χ1) is 9.33. The third-order valence-corrected chi connectivity index (χ3v) is 4.17. The van der Waals surface area contributed by atoms with Crippen molar-refractivity contribution in [3.63, 3.8) is 0 Å². The van der Waals surface area contributed by atoms with Gasteiger partial charge in [0.2, 0.25) is 0 Å². The molecular formula is C14H23NO4S. The molecule has 0 amide bonds. The largest absolute Gasteiger partial charge is 0.496 e. The zero-order valence-electron chi connectivity index (χ0n) is 12.5. The summed E-state index contributed by atoms with van der Waals surface area (Å²) in [6.07, 6.45) is 2.60. The first-order valence-electron chi connectivity index (χ1n) is 6.62. The Morgan fingerprint density at radius 3 is 2.35 bits per heavy atom. The lowest BCUT2D eigenvalue weighted by molar-refractivity contribution is 0.328. The van der Waals surface area contributed by atoms with Crippen LogP contribution in [0.1, 0.15) is 25.8 Å². The number of hydrogen-bond donors (Lipinski definition) is 1. The first-order valence-corrected chi connectivity index (χ1v) is 8.51. The summed E-state index contributed by atoms with van der Waals surface area (Å²) in [5, 5.41) is 0. The van der Waals surface area contributed by atoms with Crippen LogP contribution in [0.4, 0.5) is 0 Å². The Hall–Kier alpha value is -1.27. The van der Waals surface area contributed by atoms with Crippen LogP contribution in [0, 0.1) is 0 Å². The number of nitrogens with two attached hydrogens (primary N) is 1. The first kappa shape index (κ1) is 16.8. The standard InChI is InChI=1S/C14H23NO4S/c1-5-11(15)7-10-8-13(19-6-2)14(20(4,16)17)9-12(10)18-3/h8-9,11H,5-7,15H2,1-4H3. The van der Waals surface area contributed by atoms with Crippen molar-refractivity contribution in [3.8, 4) is 11.5 Å². The SMILES string of the molecule is CCOc1cc(CC(N)CC)c(OC)cc1S(C)(=O)=O. The molecule has 5 nitrogen and oxygen atoms in total. The highest BCUT2D eigenvalue weighted by Gasteiger charge is 2.19. The Morgan fingerprint density at radius 1 is 1.25 bits per heavy atom. The summed E-state index contributed by atoms with van der Waals surface area (Å²) < 4.78 is 34.4. The molecule has 0 heterocycles.